The Labute approximate surface area is 199 Å². The third kappa shape index (κ3) is 6.44. The average molecular weight is 450 g/mol. The fourth-order valence-corrected chi connectivity index (χ4v) is 4.48. The zero-order valence-electron chi connectivity index (χ0n) is 20.9. The molecule has 0 saturated carbocycles. The molecule has 1 aliphatic rings. The Morgan fingerprint density at radius 1 is 1.12 bits per heavy atom. The fraction of sp³-hybridized carbons (Fsp3) is 0.500. The highest BCUT2D eigenvalue weighted by Crippen LogP contribution is 2.25. The molecule has 1 heterocycles. The molecule has 0 aliphatic carbocycles. The zero-order valence-corrected chi connectivity index (χ0v) is 20.9. The molecule has 5 nitrogen and oxygen atoms in total. The van der Waals surface area contributed by atoms with E-state index in [2.05, 4.69) is 57.0 Å². The van der Waals surface area contributed by atoms with E-state index in [4.69, 9.17) is 0 Å². The Morgan fingerprint density at radius 2 is 1.91 bits per heavy atom. The Morgan fingerprint density at radius 3 is 2.61 bits per heavy atom. The van der Waals surface area contributed by atoms with E-state index in [0.29, 0.717) is 42.7 Å². The van der Waals surface area contributed by atoms with Gasteiger partial charge in [0.1, 0.15) is 0 Å². The van der Waals surface area contributed by atoms with Crippen LogP contribution in [0.1, 0.15) is 77.9 Å². The smallest absolute Gasteiger partial charge is 0.254 e. The van der Waals surface area contributed by atoms with Crippen molar-refractivity contribution in [1.82, 2.24) is 15.1 Å². The molecule has 0 fully saturated rings. The van der Waals surface area contributed by atoms with E-state index in [1.807, 2.05) is 29.2 Å². The van der Waals surface area contributed by atoms with Gasteiger partial charge < -0.3 is 15.1 Å². The Hall–Kier alpha value is -2.66. The summed E-state index contributed by atoms with van der Waals surface area (Å²) in [6.07, 6.45) is 2.05. The van der Waals surface area contributed by atoms with E-state index in [9.17, 15) is 9.59 Å². The van der Waals surface area contributed by atoms with Gasteiger partial charge in [0, 0.05) is 43.3 Å². The van der Waals surface area contributed by atoms with Gasteiger partial charge in [0.2, 0.25) is 0 Å². The summed E-state index contributed by atoms with van der Waals surface area (Å²) in [7, 11) is 0. The zero-order chi connectivity index (χ0) is 24.0. The lowest BCUT2D eigenvalue weighted by Crippen LogP contribution is -2.39. The number of nitrogens with one attached hydrogen (secondary N) is 1. The average Bonchev–Trinajstić information content (AvgIpc) is 3.09. The van der Waals surface area contributed by atoms with Crippen molar-refractivity contribution in [3.8, 4) is 0 Å². The van der Waals surface area contributed by atoms with Gasteiger partial charge in [-0.3, -0.25) is 9.59 Å². The molecule has 3 rings (SSSR count). The predicted molar refractivity (Wildman–Crippen MR) is 134 cm³/mol. The van der Waals surface area contributed by atoms with Crippen LogP contribution in [0.25, 0.3) is 0 Å². The molecule has 33 heavy (non-hydrogen) atoms. The number of amides is 2. The monoisotopic (exact) mass is 449 g/mol. The van der Waals surface area contributed by atoms with E-state index in [1.165, 1.54) is 5.56 Å². The van der Waals surface area contributed by atoms with Crippen LogP contribution in [0, 0.1) is 12.8 Å². The quantitative estimate of drug-likeness (QED) is 0.490. The van der Waals surface area contributed by atoms with Crippen molar-refractivity contribution in [3.63, 3.8) is 0 Å². The summed E-state index contributed by atoms with van der Waals surface area (Å²) >= 11 is 0. The first-order valence-electron chi connectivity index (χ1n) is 12.3. The minimum absolute atomic E-state index is 0.000892. The topological polar surface area (TPSA) is 52.7 Å². The molecule has 1 aliphatic heterocycles. The summed E-state index contributed by atoms with van der Waals surface area (Å²) in [5, 5.41) is 3.04. The Kier molecular flexibility index (Phi) is 8.67. The molecule has 1 unspecified atom stereocenters. The largest absolute Gasteiger partial charge is 0.352 e. The summed E-state index contributed by atoms with van der Waals surface area (Å²) in [6, 6.07) is 14.3. The maximum Gasteiger partial charge on any atom is 0.254 e. The minimum atomic E-state index is -0.110. The highest BCUT2D eigenvalue weighted by atomic mass is 16.2. The van der Waals surface area contributed by atoms with E-state index in [0.717, 1.165) is 37.1 Å². The molecule has 178 valence electrons. The van der Waals surface area contributed by atoms with E-state index in [-0.39, 0.29) is 11.8 Å². The van der Waals surface area contributed by atoms with Gasteiger partial charge in [-0.05, 0) is 62.4 Å². The molecule has 1 atom stereocenters. The van der Waals surface area contributed by atoms with Crippen LogP contribution >= 0.6 is 0 Å². The van der Waals surface area contributed by atoms with E-state index >= 15 is 0 Å². The number of carbonyl (C=O) groups excluding carboxylic acids is 2. The van der Waals surface area contributed by atoms with Crippen molar-refractivity contribution in [2.24, 2.45) is 5.92 Å². The van der Waals surface area contributed by atoms with Crippen molar-refractivity contribution >= 4 is 11.8 Å². The van der Waals surface area contributed by atoms with Crippen molar-refractivity contribution < 1.29 is 9.59 Å². The van der Waals surface area contributed by atoms with Gasteiger partial charge in [-0.2, -0.15) is 0 Å². The molecular formula is C28H39N3O2. The number of fused-ring (bicyclic) bond motifs is 1. The van der Waals surface area contributed by atoms with Crippen molar-refractivity contribution in [2.45, 2.75) is 66.6 Å². The van der Waals surface area contributed by atoms with Gasteiger partial charge in [0.25, 0.3) is 11.8 Å². The fourth-order valence-electron chi connectivity index (χ4n) is 4.48. The highest BCUT2D eigenvalue weighted by Gasteiger charge is 2.28. The van der Waals surface area contributed by atoms with Crippen molar-refractivity contribution in [3.05, 3.63) is 70.3 Å². The highest BCUT2D eigenvalue weighted by molar-refractivity contribution is 6.02. The van der Waals surface area contributed by atoms with Crippen molar-refractivity contribution in [2.75, 3.05) is 19.6 Å². The number of carbonyl (C=O) groups is 2. The summed E-state index contributed by atoms with van der Waals surface area (Å²) in [6.45, 7) is 14.9. The maximum absolute atomic E-state index is 13.0. The number of rotatable bonds is 11. The SMILES string of the molecule is CCCN(CCCNC(=O)c1ccc2c(c1)C(=O)N(Cc1cccc(C)c1)C2)C(C)C(C)C. The summed E-state index contributed by atoms with van der Waals surface area (Å²) < 4.78 is 0. The van der Waals surface area contributed by atoms with Crippen LogP contribution in [0.3, 0.4) is 0 Å². The van der Waals surface area contributed by atoms with Gasteiger partial charge >= 0.3 is 0 Å². The molecule has 2 aromatic carbocycles. The van der Waals surface area contributed by atoms with Crippen molar-refractivity contribution in [1.29, 1.82) is 0 Å². The van der Waals surface area contributed by atoms with Crippen LogP contribution in [-0.4, -0.2) is 47.3 Å². The van der Waals surface area contributed by atoms with Crippen LogP contribution in [0.4, 0.5) is 0 Å². The van der Waals surface area contributed by atoms with Gasteiger partial charge in [-0.25, -0.2) is 0 Å². The van der Waals surface area contributed by atoms with E-state index in [1.54, 1.807) is 6.07 Å². The molecule has 1 N–H and O–H groups in total. The number of benzene rings is 2. The normalized spacial score (nSPS) is 14.2. The first-order valence-corrected chi connectivity index (χ1v) is 12.3. The molecule has 2 amide bonds. The van der Waals surface area contributed by atoms with Crippen LogP contribution in [-0.2, 0) is 13.1 Å². The van der Waals surface area contributed by atoms with Gasteiger partial charge in [0.05, 0.1) is 0 Å². The first kappa shape index (κ1) is 25.0. The molecule has 0 saturated heterocycles. The summed E-state index contributed by atoms with van der Waals surface area (Å²) in [5.41, 5.74) is 4.50. The standard InChI is InChI=1S/C28H39N3O2/c1-6-14-30(22(5)20(2)3)15-8-13-29-27(32)24-11-12-25-19-31(28(33)26(25)17-24)18-23-10-7-9-21(4)16-23/h7,9-12,16-17,20,22H,6,8,13-15,18-19H2,1-5H3,(H,29,32). The molecule has 0 spiro atoms. The Balaban J connectivity index is 1.54. The number of aryl methyl sites for hydroxylation is 1. The molecule has 0 bridgehead atoms. The lowest BCUT2D eigenvalue weighted by molar-refractivity contribution is 0.0766. The summed E-state index contributed by atoms with van der Waals surface area (Å²) in [5.74, 6) is 0.501. The van der Waals surface area contributed by atoms with Gasteiger partial charge in [-0.15, -0.1) is 0 Å². The second-order valence-corrected chi connectivity index (χ2v) is 9.65. The maximum atomic E-state index is 13.0. The van der Waals surface area contributed by atoms with Crippen LogP contribution in [0.2, 0.25) is 0 Å². The van der Waals surface area contributed by atoms with Crippen LogP contribution < -0.4 is 5.32 Å². The Bertz CT molecular complexity index is 969. The molecule has 0 radical (unpaired) electrons. The lowest BCUT2D eigenvalue weighted by atomic mass is 10.0. The third-order valence-corrected chi connectivity index (χ3v) is 6.67. The molecular weight excluding hydrogens is 410 g/mol. The number of hydrogen-bond donors (Lipinski definition) is 1. The molecule has 0 aromatic heterocycles. The van der Waals surface area contributed by atoms with E-state index < -0.39 is 0 Å². The number of hydrogen-bond acceptors (Lipinski definition) is 3. The van der Waals surface area contributed by atoms with Crippen LogP contribution in [0.15, 0.2) is 42.5 Å². The van der Waals surface area contributed by atoms with Gasteiger partial charge in [0.15, 0.2) is 0 Å². The van der Waals surface area contributed by atoms with Crippen LogP contribution in [0.5, 0.6) is 0 Å². The lowest BCUT2D eigenvalue weighted by Gasteiger charge is -2.31. The molecule has 5 heteroatoms. The third-order valence-electron chi connectivity index (χ3n) is 6.67. The second-order valence-electron chi connectivity index (χ2n) is 9.65. The predicted octanol–water partition coefficient (Wildman–Crippen LogP) is 5.03. The molecule has 2 aromatic rings. The first-order chi connectivity index (χ1) is 15.8. The number of nitrogens with zero attached hydrogens (tertiary/aromatic N) is 2. The summed E-state index contributed by atoms with van der Waals surface area (Å²) in [4.78, 5) is 30.0. The van der Waals surface area contributed by atoms with Gasteiger partial charge in [-0.1, -0.05) is 56.7 Å². The second kappa shape index (κ2) is 11.5. The minimum Gasteiger partial charge on any atom is -0.352 e.